The highest BCUT2D eigenvalue weighted by Crippen LogP contribution is 2.28. The molecule has 1 saturated carbocycles. The quantitative estimate of drug-likeness (QED) is 0.287. The lowest BCUT2D eigenvalue weighted by atomic mass is 9.88. The zero-order valence-electron chi connectivity index (χ0n) is 19.7. The highest BCUT2D eigenvalue weighted by atomic mass is 127. The lowest BCUT2D eigenvalue weighted by molar-refractivity contribution is -0.135. The molecule has 1 aliphatic heterocycles. The molecule has 1 atom stereocenters. The third kappa shape index (κ3) is 7.42. The van der Waals surface area contributed by atoms with Crippen molar-refractivity contribution in [1.29, 1.82) is 0 Å². The minimum Gasteiger partial charge on any atom is -0.493 e. The average molecular weight is 559 g/mol. The first-order valence-corrected chi connectivity index (χ1v) is 11.8. The van der Waals surface area contributed by atoms with Gasteiger partial charge in [0.05, 0.1) is 20.3 Å². The van der Waals surface area contributed by atoms with Crippen LogP contribution >= 0.6 is 24.0 Å². The third-order valence-corrected chi connectivity index (χ3v) is 6.09. The van der Waals surface area contributed by atoms with E-state index in [2.05, 4.69) is 22.5 Å². The number of likely N-dealkylation sites (tertiary alicyclic amines) is 1. The van der Waals surface area contributed by atoms with Crippen LogP contribution in [0.1, 0.15) is 57.9 Å². The number of hydrogen-bond acceptors (Lipinski definition) is 4. The molecule has 1 saturated heterocycles. The molecule has 32 heavy (non-hydrogen) atoms. The van der Waals surface area contributed by atoms with Crippen molar-refractivity contribution < 1.29 is 14.3 Å². The van der Waals surface area contributed by atoms with Gasteiger partial charge < -0.3 is 25.0 Å². The number of methoxy groups -OCH3 is 1. The summed E-state index contributed by atoms with van der Waals surface area (Å²) in [6, 6.07) is 6.15. The first kappa shape index (κ1) is 26.5. The van der Waals surface area contributed by atoms with E-state index in [1.54, 1.807) is 7.11 Å². The number of nitrogens with one attached hydrogen (secondary N) is 2. The molecular formula is C24H39IN4O3. The summed E-state index contributed by atoms with van der Waals surface area (Å²) >= 11 is 0. The predicted molar refractivity (Wildman–Crippen MR) is 139 cm³/mol. The molecule has 1 aliphatic carbocycles. The fourth-order valence-electron chi connectivity index (χ4n) is 4.45. The first-order valence-electron chi connectivity index (χ1n) is 11.8. The van der Waals surface area contributed by atoms with E-state index in [-0.39, 0.29) is 35.9 Å². The number of benzene rings is 1. The smallest absolute Gasteiger partial charge is 0.225 e. The highest BCUT2D eigenvalue weighted by Gasteiger charge is 2.31. The van der Waals surface area contributed by atoms with E-state index in [0.29, 0.717) is 19.1 Å². The predicted octanol–water partition coefficient (Wildman–Crippen LogP) is 3.95. The molecule has 0 aromatic heterocycles. The van der Waals surface area contributed by atoms with Crippen molar-refractivity contribution in [2.75, 3.05) is 33.4 Å². The van der Waals surface area contributed by atoms with Crippen LogP contribution in [0.5, 0.6) is 11.5 Å². The van der Waals surface area contributed by atoms with Gasteiger partial charge in [-0.15, -0.1) is 24.0 Å². The lowest BCUT2D eigenvalue weighted by Crippen LogP contribution is -2.45. The maximum atomic E-state index is 12.8. The van der Waals surface area contributed by atoms with Crippen LogP contribution in [0.2, 0.25) is 0 Å². The number of nitrogens with zero attached hydrogens (tertiary/aromatic N) is 2. The molecule has 0 spiro atoms. The second kappa shape index (κ2) is 13.7. The van der Waals surface area contributed by atoms with Crippen molar-refractivity contribution in [3.8, 4) is 11.5 Å². The monoisotopic (exact) mass is 558 g/mol. The Morgan fingerprint density at radius 2 is 1.94 bits per heavy atom. The molecule has 7 nitrogen and oxygen atoms in total. The van der Waals surface area contributed by atoms with E-state index in [1.807, 2.05) is 25.1 Å². The summed E-state index contributed by atoms with van der Waals surface area (Å²) in [6.45, 7) is 7.54. The largest absolute Gasteiger partial charge is 0.493 e. The zero-order valence-corrected chi connectivity index (χ0v) is 22.0. The van der Waals surface area contributed by atoms with Gasteiger partial charge in [-0.3, -0.25) is 4.79 Å². The van der Waals surface area contributed by atoms with Crippen LogP contribution in [0, 0.1) is 5.92 Å². The van der Waals surface area contributed by atoms with Crippen LogP contribution in [0.25, 0.3) is 0 Å². The van der Waals surface area contributed by atoms with Crippen LogP contribution in [-0.2, 0) is 11.3 Å². The van der Waals surface area contributed by atoms with Gasteiger partial charge >= 0.3 is 0 Å². The number of rotatable bonds is 8. The van der Waals surface area contributed by atoms with E-state index in [0.717, 1.165) is 61.9 Å². The van der Waals surface area contributed by atoms with E-state index in [9.17, 15) is 4.79 Å². The molecule has 1 aromatic carbocycles. The number of amides is 1. The summed E-state index contributed by atoms with van der Waals surface area (Å²) < 4.78 is 11.0. The fourth-order valence-corrected chi connectivity index (χ4v) is 4.45. The molecule has 8 heteroatoms. The SMILES string of the molecule is CCNC(=NCc1ccc(OCC)c(OC)c1)NC1CCN(C(=O)C2CCCCC2)C1.I. The van der Waals surface area contributed by atoms with Crippen LogP contribution < -0.4 is 20.1 Å². The maximum Gasteiger partial charge on any atom is 0.225 e. The van der Waals surface area contributed by atoms with Gasteiger partial charge in [0.2, 0.25) is 5.91 Å². The van der Waals surface area contributed by atoms with E-state index in [4.69, 9.17) is 14.5 Å². The molecule has 2 fully saturated rings. The Labute approximate surface area is 209 Å². The third-order valence-electron chi connectivity index (χ3n) is 6.09. The van der Waals surface area contributed by atoms with Crippen molar-refractivity contribution in [1.82, 2.24) is 15.5 Å². The molecular weight excluding hydrogens is 519 g/mol. The summed E-state index contributed by atoms with van der Waals surface area (Å²) in [6.07, 6.45) is 6.74. The van der Waals surface area contributed by atoms with Gasteiger partial charge in [-0.2, -0.15) is 0 Å². The standard InChI is InChI=1S/C24H38N4O3.HI/c1-4-25-24(26-16-18-11-12-21(31-5-2)22(15-18)30-3)27-20-13-14-28(17-20)23(29)19-9-7-6-8-10-19;/h11-12,15,19-20H,4-10,13-14,16-17H2,1-3H3,(H2,25,26,27);1H. The molecule has 2 aliphatic rings. The van der Waals surface area contributed by atoms with Crippen molar-refractivity contribution >= 4 is 35.8 Å². The summed E-state index contributed by atoms with van der Waals surface area (Å²) in [4.78, 5) is 19.6. The van der Waals surface area contributed by atoms with Crippen LogP contribution in [0.3, 0.4) is 0 Å². The Kier molecular flexibility index (Phi) is 11.4. The molecule has 2 N–H and O–H groups in total. The number of guanidine groups is 1. The number of carbonyl (C=O) groups is 1. The lowest BCUT2D eigenvalue weighted by Gasteiger charge is -2.26. The van der Waals surface area contributed by atoms with Gasteiger partial charge in [0.1, 0.15) is 0 Å². The van der Waals surface area contributed by atoms with E-state index >= 15 is 0 Å². The van der Waals surface area contributed by atoms with Gasteiger partial charge in [-0.1, -0.05) is 25.3 Å². The Bertz CT molecular complexity index is 753. The maximum absolute atomic E-state index is 12.8. The minimum atomic E-state index is 0. The van der Waals surface area contributed by atoms with Crippen molar-refractivity contribution in [2.24, 2.45) is 10.9 Å². The molecule has 1 unspecified atom stereocenters. The van der Waals surface area contributed by atoms with E-state index in [1.165, 1.54) is 19.3 Å². The number of carbonyl (C=O) groups excluding carboxylic acids is 1. The van der Waals surface area contributed by atoms with Gasteiger partial charge in [-0.05, 0) is 50.8 Å². The van der Waals surface area contributed by atoms with Crippen LogP contribution in [0.15, 0.2) is 23.2 Å². The van der Waals surface area contributed by atoms with Gasteiger partial charge in [0, 0.05) is 31.6 Å². The number of halogens is 1. The molecule has 1 aromatic rings. The minimum absolute atomic E-state index is 0. The van der Waals surface area contributed by atoms with Crippen molar-refractivity contribution in [3.05, 3.63) is 23.8 Å². The Morgan fingerprint density at radius 1 is 1.16 bits per heavy atom. The van der Waals surface area contributed by atoms with Crippen LogP contribution in [0.4, 0.5) is 0 Å². The number of ether oxygens (including phenoxy) is 2. The Balaban J connectivity index is 0.00000363. The molecule has 1 amide bonds. The molecule has 180 valence electrons. The molecule has 3 rings (SSSR count). The summed E-state index contributed by atoms with van der Waals surface area (Å²) in [5, 5.41) is 6.85. The molecule has 0 bridgehead atoms. The Morgan fingerprint density at radius 3 is 2.62 bits per heavy atom. The second-order valence-electron chi connectivity index (χ2n) is 8.36. The summed E-state index contributed by atoms with van der Waals surface area (Å²) in [5.74, 6) is 2.85. The van der Waals surface area contributed by atoms with Crippen LogP contribution in [-0.4, -0.2) is 56.2 Å². The average Bonchev–Trinajstić information content (AvgIpc) is 3.27. The Hall–Kier alpha value is -1.71. The zero-order chi connectivity index (χ0) is 22.1. The normalized spacial score (nSPS) is 19.3. The van der Waals surface area contributed by atoms with Crippen molar-refractivity contribution in [3.63, 3.8) is 0 Å². The van der Waals surface area contributed by atoms with Gasteiger partial charge in [0.15, 0.2) is 17.5 Å². The fraction of sp³-hybridized carbons (Fsp3) is 0.667. The number of aliphatic imine (C=N–C) groups is 1. The highest BCUT2D eigenvalue weighted by molar-refractivity contribution is 14.0. The summed E-state index contributed by atoms with van der Waals surface area (Å²) in [7, 11) is 1.65. The van der Waals surface area contributed by atoms with Gasteiger partial charge in [0.25, 0.3) is 0 Å². The molecule has 0 radical (unpaired) electrons. The second-order valence-corrected chi connectivity index (χ2v) is 8.36. The molecule has 1 heterocycles. The topological polar surface area (TPSA) is 75.2 Å². The van der Waals surface area contributed by atoms with Gasteiger partial charge in [-0.25, -0.2) is 4.99 Å². The first-order chi connectivity index (χ1) is 15.1. The summed E-state index contributed by atoms with van der Waals surface area (Å²) in [5.41, 5.74) is 1.05. The van der Waals surface area contributed by atoms with Crippen molar-refractivity contribution in [2.45, 2.75) is 65.0 Å². The number of hydrogen-bond donors (Lipinski definition) is 2. The van der Waals surface area contributed by atoms with E-state index < -0.39 is 0 Å².